The molecule has 0 aromatic carbocycles. The molecular formula is C22H19N7O3S2. The van der Waals surface area contributed by atoms with Gasteiger partial charge in [0.2, 0.25) is 0 Å². The molecular weight excluding hydrogens is 474 g/mol. The number of aromatic amines is 1. The summed E-state index contributed by atoms with van der Waals surface area (Å²) in [5.41, 5.74) is 2.57. The molecule has 0 saturated heterocycles. The van der Waals surface area contributed by atoms with Crippen LogP contribution in [0.4, 0.5) is 5.69 Å². The van der Waals surface area contributed by atoms with Crippen molar-refractivity contribution in [2.75, 3.05) is 5.32 Å². The van der Waals surface area contributed by atoms with Crippen LogP contribution in [0.3, 0.4) is 0 Å². The quantitative estimate of drug-likeness (QED) is 0.332. The Hall–Kier alpha value is -3.66. The van der Waals surface area contributed by atoms with Gasteiger partial charge in [0.1, 0.15) is 10.7 Å². The fourth-order valence-electron chi connectivity index (χ4n) is 3.83. The third-order valence-electron chi connectivity index (χ3n) is 5.62. The van der Waals surface area contributed by atoms with Crippen LogP contribution in [0.15, 0.2) is 48.0 Å². The maximum absolute atomic E-state index is 12.7. The number of nitrogens with zero attached hydrogens (tertiary/aromatic N) is 4. The Morgan fingerprint density at radius 3 is 2.76 bits per heavy atom. The molecule has 0 radical (unpaired) electrons. The van der Waals surface area contributed by atoms with Crippen molar-refractivity contribution < 1.29 is 13.2 Å². The summed E-state index contributed by atoms with van der Waals surface area (Å²) in [6, 6.07) is 6.32. The number of sulfonamides is 1. The molecule has 0 atom stereocenters. The third-order valence-corrected chi connectivity index (χ3v) is 8.17. The molecule has 172 valence electrons. The first-order valence-electron chi connectivity index (χ1n) is 10.4. The van der Waals surface area contributed by atoms with Crippen molar-refractivity contribution in [1.29, 1.82) is 5.26 Å². The molecule has 1 saturated carbocycles. The van der Waals surface area contributed by atoms with Crippen molar-refractivity contribution in [2.24, 2.45) is 0 Å². The Kier molecular flexibility index (Phi) is 5.60. The minimum absolute atomic E-state index is 0.0255. The van der Waals surface area contributed by atoms with E-state index < -0.39 is 10.0 Å². The molecule has 0 unspecified atom stereocenters. The van der Waals surface area contributed by atoms with Crippen LogP contribution in [-0.4, -0.2) is 46.2 Å². The predicted octanol–water partition coefficient (Wildman–Crippen LogP) is 3.08. The highest BCUT2D eigenvalue weighted by Crippen LogP contribution is 2.38. The maximum atomic E-state index is 12.7. The Morgan fingerprint density at radius 1 is 1.21 bits per heavy atom. The maximum Gasteiger partial charge on any atom is 0.258 e. The number of H-pyrrole nitrogens is 1. The summed E-state index contributed by atoms with van der Waals surface area (Å²) in [5.74, 6) is -0.0437. The van der Waals surface area contributed by atoms with Crippen molar-refractivity contribution in [3.05, 3.63) is 53.4 Å². The van der Waals surface area contributed by atoms with Gasteiger partial charge in [-0.15, -0.1) is 11.3 Å². The van der Waals surface area contributed by atoms with E-state index in [0.717, 1.165) is 22.3 Å². The molecule has 5 rings (SSSR count). The Morgan fingerprint density at radius 2 is 2.03 bits per heavy atom. The zero-order valence-corrected chi connectivity index (χ0v) is 19.6. The Labute approximate surface area is 199 Å². The standard InChI is InChI=1S/C22H19N7O3S2/c1-12(30)18-11-27-22(33-18)17-10-26-21-16(3-5-25-21)20(17)28-14-7-15(8-14)29-34(31,32)19-6-13(9-23)2-4-24-19/h2-6,10-11,14-15,29H,7-8H2,1H3,(H2,25,26,28). The first kappa shape index (κ1) is 22.1. The van der Waals surface area contributed by atoms with Gasteiger partial charge in [-0.05, 0) is 31.0 Å². The summed E-state index contributed by atoms with van der Waals surface area (Å²) in [7, 11) is -3.83. The number of hydrogen-bond donors (Lipinski definition) is 3. The summed E-state index contributed by atoms with van der Waals surface area (Å²) in [6.07, 6.45) is 7.54. The van der Waals surface area contributed by atoms with Crippen molar-refractivity contribution >= 4 is 43.9 Å². The van der Waals surface area contributed by atoms with Gasteiger partial charge in [-0.1, -0.05) is 0 Å². The van der Waals surface area contributed by atoms with E-state index in [9.17, 15) is 13.2 Å². The molecule has 34 heavy (non-hydrogen) atoms. The van der Waals surface area contributed by atoms with E-state index >= 15 is 0 Å². The van der Waals surface area contributed by atoms with Crippen LogP contribution in [0.25, 0.3) is 21.6 Å². The lowest BCUT2D eigenvalue weighted by Gasteiger charge is -2.37. The molecule has 0 amide bonds. The highest BCUT2D eigenvalue weighted by Gasteiger charge is 2.34. The second-order valence-electron chi connectivity index (χ2n) is 8.00. The van der Waals surface area contributed by atoms with Gasteiger partial charge >= 0.3 is 0 Å². The van der Waals surface area contributed by atoms with Gasteiger partial charge in [0.05, 0.1) is 27.8 Å². The molecule has 4 aromatic rings. The van der Waals surface area contributed by atoms with Gasteiger partial charge in [-0.25, -0.2) is 28.1 Å². The lowest BCUT2D eigenvalue weighted by molar-refractivity contribution is 0.102. The van der Waals surface area contributed by atoms with Gasteiger partial charge in [-0.2, -0.15) is 5.26 Å². The molecule has 0 bridgehead atoms. The Balaban J connectivity index is 1.33. The lowest BCUT2D eigenvalue weighted by Crippen LogP contribution is -2.49. The van der Waals surface area contributed by atoms with Crippen LogP contribution in [0.1, 0.15) is 35.0 Å². The molecule has 0 aliphatic heterocycles. The fourth-order valence-corrected chi connectivity index (χ4v) is 5.89. The number of ketones is 1. The lowest BCUT2D eigenvalue weighted by atomic mass is 9.87. The van der Waals surface area contributed by atoms with Crippen LogP contribution < -0.4 is 10.0 Å². The molecule has 10 nitrogen and oxygen atoms in total. The van der Waals surface area contributed by atoms with Gasteiger partial charge < -0.3 is 10.3 Å². The SMILES string of the molecule is CC(=O)c1cnc(-c2cnc3[nH]ccc3c2NC2CC(NS(=O)(=O)c3cc(C#N)ccn3)C2)s1. The van der Waals surface area contributed by atoms with E-state index in [-0.39, 0.29) is 28.5 Å². The number of fused-ring (bicyclic) bond motifs is 1. The molecule has 4 aromatic heterocycles. The molecule has 1 aliphatic rings. The summed E-state index contributed by atoms with van der Waals surface area (Å²) in [4.78, 5) is 28.1. The molecule has 3 N–H and O–H groups in total. The smallest absolute Gasteiger partial charge is 0.258 e. The number of carbonyl (C=O) groups is 1. The molecule has 12 heteroatoms. The molecule has 4 heterocycles. The van der Waals surface area contributed by atoms with E-state index in [1.807, 2.05) is 12.1 Å². The molecule has 1 aliphatic carbocycles. The van der Waals surface area contributed by atoms with E-state index in [1.54, 1.807) is 18.6 Å². The van der Waals surface area contributed by atoms with Crippen LogP contribution >= 0.6 is 11.3 Å². The number of rotatable bonds is 7. The topological polar surface area (TPSA) is 154 Å². The minimum atomic E-state index is -3.83. The summed E-state index contributed by atoms with van der Waals surface area (Å²) >= 11 is 1.31. The first-order valence-corrected chi connectivity index (χ1v) is 12.7. The van der Waals surface area contributed by atoms with Gasteiger partial charge in [0.25, 0.3) is 10.0 Å². The zero-order chi connectivity index (χ0) is 23.9. The summed E-state index contributed by atoms with van der Waals surface area (Å²) in [5, 5.41) is 13.9. The van der Waals surface area contributed by atoms with Crippen molar-refractivity contribution in [3.8, 4) is 16.6 Å². The van der Waals surface area contributed by atoms with Crippen LogP contribution in [-0.2, 0) is 10.0 Å². The van der Waals surface area contributed by atoms with Crippen LogP contribution in [0, 0.1) is 11.3 Å². The number of Topliss-reactive ketones (excluding diaryl/α,β-unsaturated/α-hetero) is 1. The third kappa shape index (κ3) is 4.16. The number of hydrogen-bond acceptors (Lipinski definition) is 9. The number of carbonyl (C=O) groups excluding carboxylic acids is 1. The van der Waals surface area contributed by atoms with E-state index in [0.29, 0.717) is 22.7 Å². The molecule has 1 fully saturated rings. The van der Waals surface area contributed by atoms with E-state index in [4.69, 9.17) is 5.26 Å². The highest BCUT2D eigenvalue weighted by atomic mass is 32.2. The normalized spacial score (nSPS) is 17.8. The monoisotopic (exact) mass is 493 g/mol. The van der Waals surface area contributed by atoms with Gasteiger partial charge in [-0.3, -0.25) is 4.79 Å². The number of nitrogens with one attached hydrogen (secondary N) is 3. The summed E-state index contributed by atoms with van der Waals surface area (Å²) < 4.78 is 28.0. The van der Waals surface area contributed by atoms with Crippen molar-refractivity contribution in [2.45, 2.75) is 36.9 Å². The summed E-state index contributed by atoms with van der Waals surface area (Å²) in [6.45, 7) is 1.51. The average molecular weight is 494 g/mol. The van der Waals surface area contributed by atoms with Crippen molar-refractivity contribution in [3.63, 3.8) is 0 Å². The van der Waals surface area contributed by atoms with E-state index in [2.05, 4.69) is 30.0 Å². The minimum Gasteiger partial charge on any atom is -0.381 e. The molecule has 0 spiro atoms. The zero-order valence-electron chi connectivity index (χ0n) is 17.9. The van der Waals surface area contributed by atoms with Gasteiger partial charge in [0.15, 0.2) is 10.8 Å². The Bertz CT molecular complexity index is 1550. The van der Waals surface area contributed by atoms with Crippen molar-refractivity contribution in [1.82, 2.24) is 24.7 Å². The second kappa shape index (κ2) is 8.60. The first-order chi connectivity index (χ1) is 16.3. The largest absolute Gasteiger partial charge is 0.381 e. The predicted molar refractivity (Wildman–Crippen MR) is 127 cm³/mol. The van der Waals surface area contributed by atoms with Crippen LogP contribution in [0.5, 0.6) is 0 Å². The number of thiazole rings is 1. The number of anilines is 1. The van der Waals surface area contributed by atoms with Crippen LogP contribution in [0.2, 0.25) is 0 Å². The number of aromatic nitrogens is 4. The van der Waals surface area contributed by atoms with Gasteiger partial charge in [0, 0.05) is 49.2 Å². The average Bonchev–Trinajstić information content (AvgIpc) is 3.47. The van der Waals surface area contributed by atoms with E-state index in [1.165, 1.54) is 36.6 Å². The highest BCUT2D eigenvalue weighted by molar-refractivity contribution is 7.89. The second-order valence-corrected chi connectivity index (χ2v) is 10.7. The number of nitriles is 1. The number of pyridine rings is 2. The fraction of sp³-hybridized carbons (Fsp3) is 0.227.